The minimum Gasteiger partial charge on any atom is -0.506 e. The summed E-state index contributed by atoms with van der Waals surface area (Å²) >= 11 is 12.3. The van der Waals surface area contributed by atoms with Crippen LogP contribution in [0.5, 0.6) is 5.75 Å². The topological polar surface area (TPSA) is 23.5 Å². The summed E-state index contributed by atoms with van der Waals surface area (Å²) in [5.41, 5.74) is 3.54. The predicted molar refractivity (Wildman–Crippen MR) is 92.2 cm³/mol. The van der Waals surface area contributed by atoms with E-state index in [0.29, 0.717) is 11.1 Å². The number of fused-ring (bicyclic) bond motifs is 1. The van der Waals surface area contributed by atoms with Crippen molar-refractivity contribution in [3.05, 3.63) is 63.1 Å². The molecule has 1 aliphatic rings. The first-order chi connectivity index (χ1) is 10.5. The average molecular weight is 336 g/mol. The molecule has 0 aliphatic heterocycles. The first kappa shape index (κ1) is 15.7. The molecule has 4 heteroatoms. The Kier molecular flexibility index (Phi) is 4.35. The number of nitrogens with zero attached hydrogens (tertiary/aromatic N) is 1. The lowest BCUT2D eigenvalue weighted by Gasteiger charge is -2.35. The summed E-state index contributed by atoms with van der Waals surface area (Å²) < 4.78 is 0. The van der Waals surface area contributed by atoms with Gasteiger partial charge in [-0.3, -0.25) is 0 Å². The lowest BCUT2D eigenvalue weighted by molar-refractivity contribution is 0.258. The molecule has 2 nitrogen and oxygen atoms in total. The van der Waals surface area contributed by atoms with Gasteiger partial charge in [-0.15, -0.1) is 0 Å². The highest BCUT2D eigenvalue weighted by Gasteiger charge is 2.30. The van der Waals surface area contributed by atoms with Crippen molar-refractivity contribution in [2.75, 3.05) is 14.1 Å². The number of halogens is 2. The van der Waals surface area contributed by atoms with Gasteiger partial charge in [-0.05, 0) is 67.9 Å². The fraction of sp³-hybridized carbons (Fsp3) is 0.333. The van der Waals surface area contributed by atoms with E-state index in [-0.39, 0.29) is 11.7 Å². The van der Waals surface area contributed by atoms with Gasteiger partial charge in [-0.2, -0.15) is 0 Å². The molecular formula is C18H19Cl2NO. The van der Waals surface area contributed by atoms with Crippen molar-refractivity contribution in [2.45, 2.75) is 24.8 Å². The molecule has 2 atom stereocenters. The van der Waals surface area contributed by atoms with Crippen molar-refractivity contribution in [1.82, 2.24) is 4.90 Å². The molecule has 1 N–H and O–H groups in total. The van der Waals surface area contributed by atoms with Crippen LogP contribution < -0.4 is 0 Å². The van der Waals surface area contributed by atoms with Crippen LogP contribution in [0.4, 0.5) is 0 Å². The number of phenols is 1. The van der Waals surface area contributed by atoms with Gasteiger partial charge in [-0.25, -0.2) is 0 Å². The molecule has 0 saturated carbocycles. The van der Waals surface area contributed by atoms with Gasteiger partial charge in [0.05, 0.1) is 5.02 Å². The van der Waals surface area contributed by atoms with Crippen molar-refractivity contribution in [3.63, 3.8) is 0 Å². The molecule has 0 heterocycles. The van der Waals surface area contributed by atoms with Crippen LogP contribution in [0.15, 0.2) is 36.4 Å². The molecule has 3 rings (SSSR count). The predicted octanol–water partition coefficient (Wildman–Crippen LogP) is 4.71. The van der Waals surface area contributed by atoms with Gasteiger partial charge in [0.25, 0.3) is 0 Å². The molecule has 22 heavy (non-hydrogen) atoms. The second kappa shape index (κ2) is 6.11. The first-order valence-electron chi connectivity index (χ1n) is 7.39. The molecule has 0 bridgehead atoms. The van der Waals surface area contributed by atoms with Crippen LogP contribution >= 0.6 is 23.2 Å². The second-order valence-corrected chi connectivity index (χ2v) is 7.01. The van der Waals surface area contributed by atoms with Crippen LogP contribution in [0.3, 0.4) is 0 Å². The molecule has 116 valence electrons. The Hall–Kier alpha value is -1.22. The van der Waals surface area contributed by atoms with E-state index >= 15 is 0 Å². The molecule has 2 aromatic rings. The summed E-state index contributed by atoms with van der Waals surface area (Å²) in [6, 6.07) is 12.1. The molecule has 0 spiro atoms. The Bertz CT molecular complexity index is 699. The van der Waals surface area contributed by atoms with Crippen LogP contribution in [0.2, 0.25) is 10.0 Å². The van der Waals surface area contributed by atoms with E-state index in [1.54, 1.807) is 0 Å². The van der Waals surface area contributed by atoms with E-state index in [1.165, 1.54) is 11.1 Å². The Morgan fingerprint density at radius 2 is 1.91 bits per heavy atom. The van der Waals surface area contributed by atoms with Crippen LogP contribution in [-0.4, -0.2) is 30.1 Å². The Morgan fingerprint density at radius 3 is 2.59 bits per heavy atom. The van der Waals surface area contributed by atoms with Crippen molar-refractivity contribution >= 4 is 23.2 Å². The Balaban J connectivity index is 2.11. The summed E-state index contributed by atoms with van der Waals surface area (Å²) in [7, 11) is 4.21. The van der Waals surface area contributed by atoms with Crippen LogP contribution in [0, 0.1) is 0 Å². The van der Waals surface area contributed by atoms with E-state index in [4.69, 9.17) is 23.2 Å². The third kappa shape index (κ3) is 2.96. The van der Waals surface area contributed by atoms with Gasteiger partial charge in [0.2, 0.25) is 0 Å². The smallest absolute Gasteiger partial charge is 0.134 e. The summed E-state index contributed by atoms with van der Waals surface area (Å²) in [4.78, 5) is 2.25. The number of hydrogen-bond acceptors (Lipinski definition) is 2. The van der Waals surface area contributed by atoms with Crippen LogP contribution in [-0.2, 0) is 6.42 Å². The second-order valence-electron chi connectivity index (χ2n) is 6.17. The fourth-order valence-electron chi connectivity index (χ4n) is 3.29. The molecule has 0 amide bonds. The zero-order chi connectivity index (χ0) is 15.9. The maximum atomic E-state index is 10.0. The summed E-state index contributed by atoms with van der Waals surface area (Å²) in [6.45, 7) is 0. The average Bonchev–Trinajstić information content (AvgIpc) is 2.47. The molecule has 0 fully saturated rings. The maximum Gasteiger partial charge on any atom is 0.134 e. The molecule has 1 aliphatic carbocycles. The Labute approximate surface area is 141 Å². The molecule has 0 saturated heterocycles. The highest BCUT2D eigenvalue weighted by molar-refractivity contribution is 6.32. The van der Waals surface area contributed by atoms with Gasteiger partial charge in [0, 0.05) is 17.0 Å². The third-order valence-electron chi connectivity index (χ3n) is 4.53. The van der Waals surface area contributed by atoms with Crippen molar-refractivity contribution in [3.8, 4) is 5.75 Å². The highest BCUT2D eigenvalue weighted by atomic mass is 35.5. The third-order valence-corrected chi connectivity index (χ3v) is 5.07. The van der Waals surface area contributed by atoms with Gasteiger partial charge >= 0.3 is 0 Å². The summed E-state index contributed by atoms with van der Waals surface area (Å²) in [5.74, 6) is 0.369. The van der Waals surface area contributed by atoms with Crippen LogP contribution in [0.25, 0.3) is 0 Å². The van der Waals surface area contributed by atoms with Crippen molar-refractivity contribution in [2.24, 2.45) is 0 Å². The van der Waals surface area contributed by atoms with E-state index in [9.17, 15) is 5.11 Å². The zero-order valence-electron chi connectivity index (χ0n) is 12.7. The maximum absolute atomic E-state index is 10.0. The SMILES string of the molecule is CN(C)[C@@H]1Cc2cc(Cl)c(O)cc2[C@@H](c2cccc(Cl)c2)C1. The van der Waals surface area contributed by atoms with E-state index < -0.39 is 0 Å². The van der Waals surface area contributed by atoms with Crippen molar-refractivity contribution < 1.29 is 5.11 Å². The van der Waals surface area contributed by atoms with Gasteiger partial charge in [0.1, 0.15) is 5.75 Å². The van der Waals surface area contributed by atoms with Gasteiger partial charge in [0.15, 0.2) is 0 Å². The minimum atomic E-state index is 0.149. The van der Waals surface area contributed by atoms with E-state index in [0.717, 1.165) is 23.4 Å². The van der Waals surface area contributed by atoms with Gasteiger partial charge < -0.3 is 10.0 Å². The standard InChI is InChI=1S/C18H19Cl2NO/c1-21(2)14-7-12-8-17(20)18(22)10-16(12)15(9-14)11-4-3-5-13(19)6-11/h3-6,8,10,14-15,22H,7,9H2,1-2H3/t14-,15-/m1/s1. The monoisotopic (exact) mass is 335 g/mol. The zero-order valence-corrected chi connectivity index (χ0v) is 14.2. The summed E-state index contributed by atoms with van der Waals surface area (Å²) in [5, 5.41) is 11.2. The highest BCUT2D eigenvalue weighted by Crippen LogP contribution is 2.42. The number of hydrogen-bond donors (Lipinski definition) is 1. The normalized spacial score (nSPS) is 21.0. The molecule has 0 radical (unpaired) electrons. The molecule has 0 unspecified atom stereocenters. The lowest BCUT2D eigenvalue weighted by Crippen LogP contribution is -2.35. The fourth-order valence-corrected chi connectivity index (χ4v) is 3.67. The number of rotatable bonds is 2. The Morgan fingerprint density at radius 1 is 1.14 bits per heavy atom. The molecule has 0 aromatic heterocycles. The number of likely N-dealkylation sites (N-methyl/N-ethyl adjacent to an activating group) is 1. The molecule has 2 aromatic carbocycles. The number of aromatic hydroxyl groups is 1. The summed E-state index contributed by atoms with van der Waals surface area (Å²) in [6.07, 6.45) is 1.95. The largest absolute Gasteiger partial charge is 0.506 e. The number of benzene rings is 2. The van der Waals surface area contributed by atoms with Gasteiger partial charge in [-0.1, -0.05) is 35.3 Å². The lowest BCUT2D eigenvalue weighted by atomic mass is 9.76. The van der Waals surface area contributed by atoms with Crippen molar-refractivity contribution in [1.29, 1.82) is 0 Å². The van der Waals surface area contributed by atoms with E-state index in [1.807, 2.05) is 30.3 Å². The van der Waals surface area contributed by atoms with E-state index in [2.05, 4.69) is 25.1 Å². The number of phenolic OH excluding ortho intramolecular Hbond substituents is 1. The quantitative estimate of drug-likeness (QED) is 0.859. The van der Waals surface area contributed by atoms with Crippen LogP contribution in [0.1, 0.15) is 29.0 Å². The minimum absolute atomic E-state index is 0.149. The molecular weight excluding hydrogens is 317 g/mol. The first-order valence-corrected chi connectivity index (χ1v) is 8.14.